The fourth-order valence-corrected chi connectivity index (χ4v) is 5.24. The number of aromatic nitrogens is 3. The number of hydrogen-bond donors (Lipinski definition) is 1. The predicted molar refractivity (Wildman–Crippen MR) is 134 cm³/mol. The second-order valence-electron chi connectivity index (χ2n) is 7.85. The van der Waals surface area contributed by atoms with Gasteiger partial charge in [-0.3, -0.25) is 14.2 Å². The maximum Gasteiger partial charge on any atom is 0.271 e. The van der Waals surface area contributed by atoms with E-state index in [2.05, 4.69) is 15.3 Å². The molecular weight excluding hydrogens is 456 g/mol. The molecule has 2 aromatic carbocycles. The highest BCUT2D eigenvalue weighted by atomic mass is 35.5. The molecule has 6 nitrogen and oxygen atoms in total. The first-order chi connectivity index (χ1) is 15.9. The van der Waals surface area contributed by atoms with Crippen LogP contribution in [0.2, 0.25) is 5.02 Å². The largest absolute Gasteiger partial charge is 0.323 e. The predicted octanol–water partition coefficient (Wildman–Crippen LogP) is 5.58. The lowest BCUT2D eigenvalue weighted by atomic mass is 10.0. The van der Waals surface area contributed by atoms with E-state index in [0.29, 0.717) is 20.9 Å². The minimum atomic E-state index is -0.357. The number of anilines is 1. The zero-order valence-corrected chi connectivity index (χ0v) is 19.5. The summed E-state index contributed by atoms with van der Waals surface area (Å²) in [7, 11) is 0. The number of halogens is 1. The fraction of sp³-hybridized carbons (Fsp3) is 0.120. The number of benzene rings is 2. The molecule has 0 aliphatic rings. The Balaban J connectivity index is 1.55. The summed E-state index contributed by atoms with van der Waals surface area (Å²) in [6.07, 6.45) is 1.42. The maximum atomic E-state index is 13.2. The van der Waals surface area contributed by atoms with Gasteiger partial charge in [-0.2, -0.15) is 0 Å². The van der Waals surface area contributed by atoms with E-state index < -0.39 is 0 Å². The second-order valence-corrected chi connectivity index (χ2v) is 9.25. The molecule has 8 heteroatoms. The molecule has 1 amide bonds. The van der Waals surface area contributed by atoms with Crippen LogP contribution in [0.4, 0.5) is 5.69 Å². The van der Waals surface area contributed by atoms with Crippen LogP contribution in [-0.2, 0) is 11.3 Å². The number of nitrogens with zero attached hydrogens (tertiary/aromatic N) is 3. The summed E-state index contributed by atoms with van der Waals surface area (Å²) >= 11 is 7.51. The van der Waals surface area contributed by atoms with Gasteiger partial charge in [0.15, 0.2) is 0 Å². The zero-order valence-electron chi connectivity index (χ0n) is 17.9. The molecule has 0 unspecified atom stereocenters. The maximum absolute atomic E-state index is 13.2. The Bertz CT molecular complexity index is 1590. The molecule has 3 aromatic heterocycles. The van der Waals surface area contributed by atoms with Crippen LogP contribution < -0.4 is 10.9 Å². The van der Waals surface area contributed by atoms with E-state index in [1.165, 1.54) is 22.2 Å². The zero-order chi connectivity index (χ0) is 23.1. The number of fused-ring (bicyclic) bond motifs is 3. The van der Waals surface area contributed by atoms with Crippen LogP contribution in [0.1, 0.15) is 11.3 Å². The number of nitrogens with one attached hydrogen (secondary N) is 1. The minimum Gasteiger partial charge on any atom is -0.323 e. The van der Waals surface area contributed by atoms with Crippen molar-refractivity contribution < 1.29 is 4.79 Å². The van der Waals surface area contributed by atoms with Gasteiger partial charge in [-0.15, -0.1) is 11.3 Å². The molecule has 5 rings (SSSR count). The van der Waals surface area contributed by atoms with E-state index in [-0.39, 0.29) is 18.0 Å². The van der Waals surface area contributed by atoms with E-state index in [4.69, 9.17) is 11.6 Å². The molecule has 0 saturated heterocycles. The van der Waals surface area contributed by atoms with E-state index in [9.17, 15) is 9.59 Å². The molecule has 0 aliphatic carbocycles. The van der Waals surface area contributed by atoms with Gasteiger partial charge in [0, 0.05) is 11.1 Å². The average molecular weight is 475 g/mol. The van der Waals surface area contributed by atoms with Crippen molar-refractivity contribution in [3.05, 3.63) is 87.6 Å². The van der Waals surface area contributed by atoms with Crippen molar-refractivity contribution in [3.8, 4) is 11.1 Å². The highest BCUT2D eigenvalue weighted by Crippen LogP contribution is 2.37. The number of carbonyl (C=O) groups is 1. The van der Waals surface area contributed by atoms with Crippen LogP contribution in [0.15, 0.2) is 65.7 Å². The molecule has 164 valence electrons. The summed E-state index contributed by atoms with van der Waals surface area (Å²) in [6.45, 7) is 3.68. The van der Waals surface area contributed by atoms with Crippen LogP contribution in [0.5, 0.6) is 0 Å². The van der Waals surface area contributed by atoms with Gasteiger partial charge in [-0.1, -0.05) is 48.0 Å². The van der Waals surface area contributed by atoms with Gasteiger partial charge < -0.3 is 5.32 Å². The summed E-state index contributed by atoms with van der Waals surface area (Å²) in [6, 6.07) is 17.4. The summed E-state index contributed by atoms with van der Waals surface area (Å²) in [5.74, 6) is -0.357. The van der Waals surface area contributed by atoms with Crippen molar-refractivity contribution >= 4 is 55.0 Å². The van der Waals surface area contributed by atoms with Crippen molar-refractivity contribution in [2.24, 2.45) is 0 Å². The summed E-state index contributed by atoms with van der Waals surface area (Å²) in [5, 5.41) is 4.06. The number of pyridine rings is 1. The topological polar surface area (TPSA) is 76.9 Å². The third-order valence-electron chi connectivity index (χ3n) is 5.34. The summed E-state index contributed by atoms with van der Waals surface area (Å²) in [5.41, 5.74) is 4.71. The van der Waals surface area contributed by atoms with Crippen LogP contribution in [0, 0.1) is 13.8 Å². The molecule has 0 aliphatic heterocycles. The van der Waals surface area contributed by atoms with Crippen molar-refractivity contribution in [1.82, 2.24) is 14.5 Å². The molecule has 0 spiro atoms. The lowest BCUT2D eigenvalue weighted by molar-refractivity contribution is -0.116. The normalized spacial score (nSPS) is 11.2. The van der Waals surface area contributed by atoms with Gasteiger partial charge in [0.25, 0.3) is 5.56 Å². The monoisotopic (exact) mass is 474 g/mol. The smallest absolute Gasteiger partial charge is 0.271 e. The first kappa shape index (κ1) is 21.3. The molecular formula is C25H19ClN4O2S. The molecule has 0 fully saturated rings. The molecule has 3 heterocycles. The second kappa shape index (κ2) is 8.42. The lowest BCUT2D eigenvalue weighted by Gasteiger charge is -2.09. The Morgan fingerprint density at radius 3 is 2.67 bits per heavy atom. The third-order valence-corrected chi connectivity index (χ3v) is 6.72. The van der Waals surface area contributed by atoms with Crippen LogP contribution in [0.25, 0.3) is 31.6 Å². The molecule has 5 aromatic rings. The fourth-order valence-electron chi connectivity index (χ4n) is 3.81. The first-order valence-corrected chi connectivity index (χ1v) is 11.5. The Kier molecular flexibility index (Phi) is 5.44. The van der Waals surface area contributed by atoms with Gasteiger partial charge in [0.1, 0.15) is 16.1 Å². The number of hydrogen-bond acceptors (Lipinski definition) is 5. The van der Waals surface area contributed by atoms with Crippen LogP contribution in [-0.4, -0.2) is 20.4 Å². The molecule has 33 heavy (non-hydrogen) atoms. The van der Waals surface area contributed by atoms with Gasteiger partial charge in [0.05, 0.1) is 22.6 Å². The number of thiophene rings is 1. The lowest BCUT2D eigenvalue weighted by Crippen LogP contribution is -2.27. The number of aryl methyl sites for hydroxylation is 2. The quantitative estimate of drug-likeness (QED) is 0.368. The molecule has 0 bridgehead atoms. The van der Waals surface area contributed by atoms with E-state index in [1.54, 1.807) is 12.1 Å². The Labute approximate surface area is 198 Å². The minimum absolute atomic E-state index is 0.168. The van der Waals surface area contributed by atoms with Gasteiger partial charge in [-0.25, -0.2) is 9.97 Å². The standard InChI is InChI=1S/C25H19ClN4O2S/c1-14-8-9-19(18(26)10-14)29-20(31)12-30-13-27-22-21-17(16-6-4-3-5-7-16)11-15(2)28-24(21)33-23(22)25(30)32/h3-11,13H,12H2,1-2H3,(H,29,31). The van der Waals surface area contributed by atoms with Gasteiger partial charge in [0.2, 0.25) is 5.91 Å². The highest BCUT2D eigenvalue weighted by molar-refractivity contribution is 7.25. The third kappa shape index (κ3) is 4.01. The summed E-state index contributed by atoms with van der Waals surface area (Å²) < 4.78 is 1.79. The number of carbonyl (C=O) groups excluding carboxylic acids is 1. The molecule has 0 saturated carbocycles. The van der Waals surface area contributed by atoms with E-state index >= 15 is 0 Å². The van der Waals surface area contributed by atoms with Crippen LogP contribution in [0.3, 0.4) is 0 Å². The molecule has 0 atom stereocenters. The number of rotatable bonds is 4. The Morgan fingerprint density at radius 1 is 1.12 bits per heavy atom. The van der Waals surface area contributed by atoms with Gasteiger partial charge in [-0.05, 0) is 48.7 Å². The average Bonchev–Trinajstić information content (AvgIpc) is 3.17. The number of amides is 1. The van der Waals surface area contributed by atoms with E-state index in [1.807, 2.05) is 56.3 Å². The van der Waals surface area contributed by atoms with Crippen molar-refractivity contribution in [3.63, 3.8) is 0 Å². The molecule has 1 N–H and O–H groups in total. The van der Waals surface area contributed by atoms with Gasteiger partial charge >= 0.3 is 0 Å². The first-order valence-electron chi connectivity index (χ1n) is 10.3. The molecule has 0 radical (unpaired) electrons. The SMILES string of the molecule is Cc1ccc(NC(=O)Cn2cnc3c(sc4nc(C)cc(-c5ccccc5)c43)c2=O)c(Cl)c1. The van der Waals surface area contributed by atoms with Crippen LogP contribution >= 0.6 is 22.9 Å². The Morgan fingerprint density at radius 2 is 1.91 bits per heavy atom. The summed E-state index contributed by atoms with van der Waals surface area (Å²) in [4.78, 5) is 35.8. The van der Waals surface area contributed by atoms with Crippen molar-refractivity contribution in [2.45, 2.75) is 20.4 Å². The van der Waals surface area contributed by atoms with Crippen molar-refractivity contribution in [1.29, 1.82) is 0 Å². The Hall–Kier alpha value is -3.55. The van der Waals surface area contributed by atoms with Crippen molar-refractivity contribution in [2.75, 3.05) is 5.32 Å². The highest BCUT2D eigenvalue weighted by Gasteiger charge is 2.18. The van der Waals surface area contributed by atoms with E-state index in [0.717, 1.165) is 32.6 Å².